The number of hydrogen-bond acceptors (Lipinski definition) is 3. The van der Waals surface area contributed by atoms with Crippen molar-refractivity contribution in [3.8, 4) is 0 Å². The van der Waals surface area contributed by atoms with Gasteiger partial charge in [0.1, 0.15) is 5.54 Å². The first-order valence-electron chi connectivity index (χ1n) is 6.97. The lowest BCUT2D eigenvalue weighted by Crippen LogP contribution is -2.47. The highest BCUT2D eigenvalue weighted by molar-refractivity contribution is 5.82. The standard InChI is InChI=1S/C17H25NO2/c1-6-11-18-17(4,16(19)20-5)15-9-7-14(8-10-15)12-13(2)3/h6-10,13,18H,1,11-12H2,2-5H3. The highest BCUT2D eigenvalue weighted by atomic mass is 16.5. The van der Waals surface area contributed by atoms with Gasteiger partial charge >= 0.3 is 5.97 Å². The molecule has 1 rings (SSSR count). The van der Waals surface area contributed by atoms with Crippen LogP contribution in [0.3, 0.4) is 0 Å². The third-order valence-corrected chi connectivity index (χ3v) is 3.37. The molecule has 20 heavy (non-hydrogen) atoms. The number of rotatable bonds is 7. The molecule has 1 N–H and O–H groups in total. The zero-order chi connectivity index (χ0) is 15.2. The van der Waals surface area contributed by atoms with Crippen molar-refractivity contribution in [3.63, 3.8) is 0 Å². The van der Waals surface area contributed by atoms with Gasteiger partial charge in [-0.3, -0.25) is 5.32 Å². The summed E-state index contributed by atoms with van der Waals surface area (Å²) in [5, 5.41) is 3.18. The molecule has 3 heteroatoms. The van der Waals surface area contributed by atoms with E-state index in [2.05, 4.69) is 37.9 Å². The van der Waals surface area contributed by atoms with Crippen molar-refractivity contribution in [3.05, 3.63) is 48.0 Å². The first kappa shape index (κ1) is 16.4. The fourth-order valence-corrected chi connectivity index (χ4v) is 2.22. The van der Waals surface area contributed by atoms with Crippen molar-refractivity contribution < 1.29 is 9.53 Å². The molecule has 0 amide bonds. The van der Waals surface area contributed by atoms with Crippen LogP contribution in [0.25, 0.3) is 0 Å². The third kappa shape index (κ3) is 3.94. The van der Waals surface area contributed by atoms with E-state index >= 15 is 0 Å². The summed E-state index contributed by atoms with van der Waals surface area (Å²) in [5.74, 6) is 0.322. The van der Waals surface area contributed by atoms with E-state index in [1.54, 1.807) is 6.08 Å². The topological polar surface area (TPSA) is 38.3 Å². The first-order chi connectivity index (χ1) is 9.43. The molecule has 0 bridgehead atoms. The highest BCUT2D eigenvalue weighted by Crippen LogP contribution is 2.23. The minimum atomic E-state index is -0.848. The van der Waals surface area contributed by atoms with Crippen molar-refractivity contribution in [1.82, 2.24) is 5.32 Å². The van der Waals surface area contributed by atoms with Gasteiger partial charge in [-0.1, -0.05) is 44.2 Å². The Hall–Kier alpha value is -1.61. The summed E-state index contributed by atoms with van der Waals surface area (Å²) >= 11 is 0. The van der Waals surface area contributed by atoms with Crippen molar-refractivity contribution in [2.24, 2.45) is 5.92 Å². The summed E-state index contributed by atoms with van der Waals surface area (Å²) in [4.78, 5) is 12.1. The van der Waals surface area contributed by atoms with Crippen LogP contribution in [0.15, 0.2) is 36.9 Å². The van der Waals surface area contributed by atoms with Gasteiger partial charge in [0.25, 0.3) is 0 Å². The van der Waals surface area contributed by atoms with Gasteiger partial charge in [0, 0.05) is 6.54 Å². The number of methoxy groups -OCH3 is 1. The monoisotopic (exact) mass is 275 g/mol. The average Bonchev–Trinajstić information content (AvgIpc) is 2.44. The van der Waals surface area contributed by atoms with E-state index in [1.807, 2.05) is 19.1 Å². The Kier molecular flexibility index (Phi) is 5.96. The van der Waals surface area contributed by atoms with E-state index in [0.717, 1.165) is 12.0 Å². The van der Waals surface area contributed by atoms with Gasteiger partial charge < -0.3 is 4.74 Å². The second-order valence-corrected chi connectivity index (χ2v) is 5.58. The molecular weight excluding hydrogens is 250 g/mol. The maximum atomic E-state index is 12.1. The van der Waals surface area contributed by atoms with Crippen LogP contribution in [0.2, 0.25) is 0 Å². The van der Waals surface area contributed by atoms with Crippen molar-refractivity contribution in [2.75, 3.05) is 13.7 Å². The molecule has 0 fully saturated rings. The Balaban J connectivity index is 3.02. The first-order valence-corrected chi connectivity index (χ1v) is 6.97. The molecule has 0 aliphatic heterocycles. The molecule has 0 radical (unpaired) electrons. The van der Waals surface area contributed by atoms with Crippen LogP contribution in [0.4, 0.5) is 0 Å². The summed E-state index contributed by atoms with van der Waals surface area (Å²) in [5.41, 5.74) is 1.33. The lowest BCUT2D eigenvalue weighted by Gasteiger charge is -2.28. The van der Waals surface area contributed by atoms with Gasteiger partial charge in [-0.2, -0.15) is 0 Å². The Morgan fingerprint density at radius 2 is 2.00 bits per heavy atom. The molecule has 0 aromatic heterocycles. The molecule has 0 aliphatic carbocycles. The highest BCUT2D eigenvalue weighted by Gasteiger charge is 2.35. The van der Waals surface area contributed by atoms with E-state index in [4.69, 9.17) is 4.74 Å². The molecule has 0 aliphatic rings. The van der Waals surface area contributed by atoms with Crippen LogP contribution in [0.1, 0.15) is 31.9 Å². The smallest absolute Gasteiger partial charge is 0.330 e. The van der Waals surface area contributed by atoms with Crippen LogP contribution in [0.5, 0.6) is 0 Å². The minimum absolute atomic E-state index is 0.295. The SMILES string of the molecule is C=CCNC(C)(C(=O)OC)c1ccc(CC(C)C)cc1. The number of ether oxygens (including phenoxy) is 1. The molecule has 0 heterocycles. The molecule has 0 spiro atoms. The Bertz CT molecular complexity index is 451. The van der Waals surface area contributed by atoms with Gasteiger partial charge in [0.15, 0.2) is 0 Å². The molecule has 1 unspecified atom stereocenters. The van der Waals surface area contributed by atoms with Crippen molar-refractivity contribution >= 4 is 5.97 Å². The predicted molar refractivity (Wildman–Crippen MR) is 82.6 cm³/mol. The number of carbonyl (C=O) groups is 1. The number of carbonyl (C=O) groups excluding carboxylic acids is 1. The maximum Gasteiger partial charge on any atom is 0.330 e. The summed E-state index contributed by atoms with van der Waals surface area (Å²) in [6.07, 6.45) is 2.77. The molecular formula is C17H25NO2. The molecule has 3 nitrogen and oxygen atoms in total. The van der Waals surface area contributed by atoms with Crippen LogP contribution >= 0.6 is 0 Å². The Labute approximate surface area is 122 Å². The maximum absolute atomic E-state index is 12.1. The Morgan fingerprint density at radius 1 is 1.40 bits per heavy atom. The third-order valence-electron chi connectivity index (χ3n) is 3.37. The van der Waals surface area contributed by atoms with Crippen LogP contribution in [0, 0.1) is 5.92 Å². The molecule has 0 saturated carbocycles. The second-order valence-electron chi connectivity index (χ2n) is 5.58. The van der Waals surface area contributed by atoms with Crippen molar-refractivity contribution in [1.29, 1.82) is 0 Å². The molecule has 1 atom stereocenters. The number of nitrogens with one attached hydrogen (secondary N) is 1. The van der Waals surface area contributed by atoms with Crippen LogP contribution in [-0.4, -0.2) is 19.6 Å². The van der Waals surface area contributed by atoms with Crippen LogP contribution < -0.4 is 5.32 Å². The van der Waals surface area contributed by atoms with E-state index in [1.165, 1.54) is 12.7 Å². The lowest BCUT2D eigenvalue weighted by molar-refractivity contribution is -0.148. The van der Waals surface area contributed by atoms with E-state index < -0.39 is 5.54 Å². The predicted octanol–water partition coefficient (Wildman–Crippen LogP) is 3.05. The number of benzene rings is 1. The van der Waals surface area contributed by atoms with Gasteiger partial charge in [0.2, 0.25) is 0 Å². The van der Waals surface area contributed by atoms with E-state index in [0.29, 0.717) is 12.5 Å². The summed E-state index contributed by atoms with van der Waals surface area (Å²) < 4.78 is 4.93. The molecule has 1 aromatic rings. The molecule has 1 aromatic carbocycles. The average molecular weight is 275 g/mol. The fourth-order valence-electron chi connectivity index (χ4n) is 2.22. The zero-order valence-corrected chi connectivity index (χ0v) is 12.9. The quantitative estimate of drug-likeness (QED) is 0.614. The molecule has 110 valence electrons. The van der Waals surface area contributed by atoms with E-state index in [9.17, 15) is 4.79 Å². The number of esters is 1. The largest absolute Gasteiger partial charge is 0.467 e. The minimum Gasteiger partial charge on any atom is -0.467 e. The number of hydrogen-bond donors (Lipinski definition) is 1. The zero-order valence-electron chi connectivity index (χ0n) is 12.9. The summed E-state index contributed by atoms with van der Waals surface area (Å²) in [6.45, 7) is 10.4. The van der Waals surface area contributed by atoms with Crippen molar-refractivity contribution in [2.45, 2.75) is 32.7 Å². The van der Waals surface area contributed by atoms with Gasteiger partial charge in [-0.15, -0.1) is 6.58 Å². The second kappa shape index (κ2) is 7.25. The summed E-state index contributed by atoms with van der Waals surface area (Å²) in [7, 11) is 1.41. The summed E-state index contributed by atoms with van der Waals surface area (Å²) in [6, 6.07) is 8.13. The normalized spacial score (nSPS) is 13.8. The Morgan fingerprint density at radius 3 is 2.45 bits per heavy atom. The lowest BCUT2D eigenvalue weighted by atomic mass is 9.90. The van der Waals surface area contributed by atoms with Gasteiger partial charge in [-0.05, 0) is 30.4 Å². The van der Waals surface area contributed by atoms with Gasteiger partial charge in [-0.25, -0.2) is 4.79 Å². The van der Waals surface area contributed by atoms with E-state index in [-0.39, 0.29) is 5.97 Å². The van der Waals surface area contributed by atoms with Crippen LogP contribution in [-0.2, 0) is 21.5 Å². The van der Waals surface area contributed by atoms with Gasteiger partial charge in [0.05, 0.1) is 7.11 Å². The molecule has 0 saturated heterocycles. The fraction of sp³-hybridized carbons (Fsp3) is 0.471.